The minimum absolute atomic E-state index is 0.259. The fraction of sp³-hybridized carbons (Fsp3) is 0.632. The second-order valence-electron chi connectivity index (χ2n) is 8.03. The second-order valence-corrected chi connectivity index (χ2v) is 8.47. The fourth-order valence-corrected chi connectivity index (χ4v) is 3.44. The lowest BCUT2D eigenvalue weighted by Gasteiger charge is -2.41. The first-order valence-corrected chi connectivity index (χ1v) is 9.39. The van der Waals surface area contributed by atoms with Gasteiger partial charge < -0.3 is 35.2 Å². The van der Waals surface area contributed by atoms with Crippen LogP contribution < -0.4 is 5.32 Å². The summed E-state index contributed by atoms with van der Waals surface area (Å²) in [7, 11) is 0. The van der Waals surface area contributed by atoms with Gasteiger partial charge in [-0.3, -0.25) is 0 Å². The summed E-state index contributed by atoms with van der Waals surface area (Å²) in [5.74, 6) is -1.47. The average Bonchev–Trinajstić information content (AvgIpc) is 2.57. The van der Waals surface area contributed by atoms with Crippen molar-refractivity contribution >= 4 is 17.6 Å². The topological polar surface area (TPSA) is 128 Å². The van der Waals surface area contributed by atoms with Crippen molar-refractivity contribution in [1.82, 2.24) is 5.32 Å². The van der Waals surface area contributed by atoms with E-state index < -0.39 is 42.8 Å². The molecule has 2 rings (SSSR count). The Morgan fingerprint density at radius 2 is 1.86 bits per heavy atom. The number of carbonyl (C=O) groups is 1. The third-order valence-corrected chi connectivity index (χ3v) is 4.62. The Hall–Kier alpha value is -1.26. The van der Waals surface area contributed by atoms with E-state index in [4.69, 9.17) is 21.1 Å². The van der Waals surface area contributed by atoms with E-state index in [2.05, 4.69) is 5.32 Å². The molecule has 1 aliphatic rings. The van der Waals surface area contributed by atoms with Crippen LogP contribution in [0.5, 0.6) is 0 Å². The molecule has 0 saturated carbocycles. The lowest BCUT2D eigenvalue weighted by atomic mass is 9.97. The second kappa shape index (κ2) is 9.04. The van der Waals surface area contributed by atoms with Gasteiger partial charge in [0.05, 0.1) is 0 Å². The van der Waals surface area contributed by atoms with E-state index in [0.717, 1.165) is 0 Å². The van der Waals surface area contributed by atoms with Crippen LogP contribution in [0, 0.1) is 0 Å². The van der Waals surface area contributed by atoms with E-state index in [1.54, 1.807) is 24.3 Å². The molecule has 1 fully saturated rings. The summed E-state index contributed by atoms with van der Waals surface area (Å²) in [6, 6.07) is 6.64. The maximum absolute atomic E-state index is 11.3. The number of aliphatic hydroxyl groups excluding tert-OH is 3. The molecule has 0 amide bonds. The van der Waals surface area contributed by atoms with Crippen molar-refractivity contribution in [3.05, 3.63) is 34.9 Å². The zero-order chi connectivity index (χ0) is 21.2. The van der Waals surface area contributed by atoms with Gasteiger partial charge in [0.2, 0.25) is 0 Å². The largest absolute Gasteiger partial charge is 0.479 e. The molecule has 1 saturated heterocycles. The van der Waals surface area contributed by atoms with Crippen LogP contribution in [-0.2, 0) is 14.3 Å². The highest BCUT2D eigenvalue weighted by atomic mass is 35.5. The summed E-state index contributed by atoms with van der Waals surface area (Å²) in [6.07, 6.45) is -9.02. The summed E-state index contributed by atoms with van der Waals surface area (Å²) in [5, 5.41) is 43.2. The Kier molecular flexibility index (Phi) is 7.44. The predicted molar refractivity (Wildman–Crippen MR) is 102 cm³/mol. The molecule has 5 N–H and O–H groups in total. The molecule has 28 heavy (non-hydrogen) atoms. The minimum atomic E-state index is -1.78. The molecule has 0 aromatic heterocycles. The number of nitrogens with one attached hydrogen (secondary N) is 1. The van der Waals surface area contributed by atoms with Crippen LogP contribution in [0.1, 0.15) is 39.4 Å². The first-order valence-electron chi connectivity index (χ1n) is 9.02. The highest BCUT2D eigenvalue weighted by Crippen LogP contribution is 2.31. The van der Waals surface area contributed by atoms with Crippen LogP contribution >= 0.6 is 11.6 Å². The molecule has 1 aliphatic heterocycles. The third kappa shape index (κ3) is 5.64. The molecule has 7 atom stereocenters. The van der Waals surface area contributed by atoms with Crippen molar-refractivity contribution in [3.8, 4) is 0 Å². The van der Waals surface area contributed by atoms with Crippen LogP contribution in [0.25, 0.3) is 0 Å². The Morgan fingerprint density at radius 1 is 1.21 bits per heavy atom. The maximum atomic E-state index is 11.3. The van der Waals surface area contributed by atoms with Crippen molar-refractivity contribution in [2.45, 2.75) is 76.1 Å². The van der Waals surface area contributed by atoms with Gasteiger partial charge in [-0.15, -0.1) is 0 Å². The third-order valence-electron chi connectivity index (χ3n) is 4.39. The number of benzene rings is 1. The lowest BCUT2D eigenvalue weighted by molar-refractivity contribution is -0.307. The molecule has 158 valence electrons. The minimum Gasteiger partial charge on any atom is -0.479 e. The first kappa shape index (κ1) is 23.0. The van der Waals surface area contributed by atoms with E-state index >= 15 is 0 Å². The van der Waals surface area contributed by atoms with Crippen molar-refractivity contribution in [3.63, 3.8) is 0 Å². The van der Waals surface area contributed by atoms with E-state index in [0.29, 0.717) is 10.6 Å². The van der Waals surface area contributed by atoms with Crippen molar-refractivity contribution in [2.75, 3.05) is 0 Å². The molecule has 0 spiro atoms. The van der Waals surface area contributed by atoms with Crippen LogP contribution in [0.15, 0.2) is 24.3 Å². The van der Waals surface area contributed by atoms with Crippen molar-refractivity contribution < 1.29 is 34.7 Å². The number of halogens is 1. The number of carboxylic acid groups (broad SMARTS) is 1. The van der Waals surface area contributed by atoms with Gasteiger partial charge in [0, 0.05) is 16.6 Å². The summed E-state index contributed by atoms with van der Waals surface area (Å²) in [6.45, 7) is 7.80. The number of aliphatic hydroxyl groups is 3. The zero-order valence-electron chi connectivity index (χ0n) is 16.2. The SMILES string of the molecule is C[C@@H](NC(C)(C)C)[C@@H](OC1O[C@H](C(=O)O)[C@@H](O)[C@H](O)[C@H]1O)c1cccc(Cl)c1. The normalized spacial score (nSPS) is 30.6. The average molecular weight is 418 g/mol. The molecule has 9 heteroatoms. The Morgan fingerprint density at radius 3 is 2.39 bits per heavy atom. The van der Waals surface area contributed by atoms with Crippen LogP contribution in [-0.4, -0.2) is 68.7 Å². The Bertz CT molecular complexity index is 680. The number of aliphatic carboxylic acids is 1. The van der Waals surface area contributed by atoms with Gasteiger partial charge in [-0.25, -0.2) is 4.79 Å². The molecule has 1 unspecified atom stereocenters. The molecular formula is C19H28ClNO7. The van der Waals surface area contributed by atoms with Crippen LogP contribution in [0.2, 0.25) is 5.02 Å². The zero-order valence-corrected chi connectivity index (χ0v) is 17.0. The highest BCUT2D eigenvalue weighted by Gasteiger charge is 2.48. The number of ether oxygens (including phenoxy) is 2. The van der Waals surface area contributed by atoms with Crippen molar-refractivity contribution in [1.29, 1.82) is 0 Å². The highest BCUT2D eigenvalue weighted by molar-refractivity contribution is 6.30. The molecule has 0 aliphatic carbocycles. The summed E-state index contributed by atoms with van der Waals surface area (Å²) in [5.41, 5.74) is 0.422. The monoisotopic (exact) mass is 417 g/mol. The molecule has 1 aromatic rings. The van der Waals surface area contributed by atoms with Gasteiger partial charge in [0.15, 0.2) is 12.4 Å². The standard InChI is InChI=1S/C19H28ClNO7/c1-9(21-19(2,3)4)15(10-6-5-7-11(20)8-10)27-18-14(24)12(22)13(23)16(28-18)17(25)26/h5-9,12-16,18,21-24H,1-4H3,(H,25,26)/t9-,12+,13+,14-,15-,16+,18?/m1/s1. The van der Waals surface area contributed by atoms with Crippen LogP contribution in [0.4, 0.5) is 0 Å². The van der Waals surface area contributed by atoms with Gasteiger partial charge in [-0.2, -0.15) is 0 Å². The number of carboxylic acids is 1. The van der Waals surface area contributed by atoms with E-state index in [-0.39, 0.29) is 11.6 Å². The number of hydrogen-bond donors (Lipinski definition) is 5. The molecule has 1 heterocycles. The maximum Gasteiger partial charge on any atom is 0.335 e. The summed E-state index contributed by atoms with van der Waals surface area (Å²) < 4.78 is 11.2. The first-order chi connectivity index (χ1) is 12.9. The van der Waals surface area contributed by atoms with E-state index in [9.17, 15) is 25.2 Å². The number of rotatable bonds is 6. The Balaban J connectivity index is 2.31. The fourth-order valence-electron chi connectivity index (χ4n) is 3.24. The molecule has 8 nitrogen and oxygen atoms in total. The van der Waals surface area contributed by atoms with Gasteiger partial charge in [-0.05, 0) is 45.4 Å². The lowest BCUT2D eigenvalue weighted by Crippen LogP contribution is -2.61. The molecular weight excluding hydrogens is 390 g/mol. The van der Waals surface area contributed by atoms with Gasteiger partial charge in [-0.1, -0.05) is 23.7 Å². The van der Waals surface area contributed by atoms with Crippen LogP contribution in [0.3, 0.4) is 0 Å². The summed E-state index contributed by atoms with van der Waals surface area (Å²) in [4.78, 5) is 11.3. The molecule has 1 aromatic carbocycles. The van der Waals surface area contributed by atoms with Gasteiger partial charge in [0.1, 0.15) is 24.4 Å². The van der Waals surface area contributed by atoms with Gasteiger partial charge in [0.25, 0.3) is 0 Å². The van der Waals surface area contributed by atoms with E-state index in [1.807, 2.05) is 27.7 Å². The van der Waals surface area contributed by atoms with Crippen molar-refractivity contribution in [2.24, 2.45) is 0 Å². The molecule has 0 radical (unpaired) electrons. The number of hydrogen-bond acceptors (Lipinski definition) is 7. The summed E-state index contributed by atoms with van der Waals surface area (Å²) >= 11 is 6.10. The quantitative estimate of drug-likeness (QED) is 0.465. The predicted octanol–water partition coefficient (Wildman–Crippen LogP) is 1.07. The smallest absolute Gasteiger partial charge is 0.335 e. The molecule has 0 bridgehead atoms. The van der Waals surface area contributed by atoms with E-state index in [1.165, 1.54) is 0 Å². The Labute approximate surface area is 169 Å². The van der Waals surface area contributed by atoms with Gasteiger partial charge >= 0.3 is 5.97 Å².